The van der Waals surface area contributed by atoms with Crippen molar-refractivity contribution in [3.63, 3.8) is 0 Å². The minimum atomic E-state index is -0.170. The van der Waals surface area contributed by atoms with E-state index in [9.17, 15) is 4.79 Å². The van der Waals surface area contributed by atoms with Crippen molar-refractivity contribution in [2.75, 3.05) is 0 Å². The minimum absolute atomic E-state index is 0.170. The third kappa shape index (κ3) is 1.36. The van der Waals surface area contributed by atoms with Gasteiger partial charge in [-0.1, -0.05) is 0 Å². The van der Waals surface area contributed by atoms with Gasteiger partial charge >= 0.3 is 0 Å². The summed E-state index contributed by atoms with van der Waals surface area (Å²) in [6, 6.07) is 1.83. The Balaban J connectivity index is 2.76. The van der Waals surface area contributed by atoms with Crippen LogP contribution in [0.25, 0.3) is 0 Å². The molecule has 1 radical (unpaired) electrons. The van der Waals surface area contributed by atoms with E-state index in [0.29, 0.717) is 0 Å². The summed E-state index contributed by atoms with van der Waals surface area (Å²) in [6.07, 6.45) is 1.86. The molecule has 9 heavy (non-hydrogen) atoms. The zero-order chi connectivity index (χ0) is 6.69. The van der Waals surface area contributed by atoms with Gasteiger partial charge in [0.05, 0.1) is 11.6 Å². The van der Waals surface area contributed by atoms with Gasteiger partial charge in [0, 0.05) is 5.38 Å². The van der Waals surface area contributed by atoms with Crippen LogP contribution in [0.4, 0.5) is 0 Å². The van der Waals surface area contributed by atoms with Crippen LogP contribution in [-0.2, 0) is 4.79 Å². The van der Waals surface area contributed by atoms with E-state index in [2.05, 4.69) is 4.37 Å². The second kappa shape index (κ2) is 2.73. The largest absolute Gasteiger partial charge is 0.290 e. The quantitative estimate of drug-likeness (QED) is 0.620. The molecule has 1 rings (SSSR count). The highest BCUT2D eigenvalue weighted by Crippen LogP contribution is 2.10. The fraction of sp³-hybridized carbons (Fsp3) is 0.333. The van der Waals surface area contributed by atoms with E-state index < -0.39 is 0 Å². The summed E-state index contributed by atoms with van der Waals surface area (Å²) >= 11 is 1.35. The van der Waals surface area contributed by atoms with Gasteiger partial charge in [-0.15, -0.1) is 0 Å². The number of hydrogen-bond acceptors (Lipinski definition) is 3. The molecule has 1 atom stereocenters. The van der Waals surface area contributed by atoms with Gasteiger partial charge in [-0.25, -0.2) is 0 Å². The Kier molecular flexibility index (Phi) is 1.95. The molecule has 0 aromatic carbocycles. The van der Waals surface area contributed by atoms with Gasteiger partial charge in [-0.3, -0.25) is 4.79 Å². The van der Waals surface area contributed by atoms with Crippen molar-refractivity contribution in [2.24, 2.45) is 0 Å². The highest BCUT2D eigenvalue weighted by atomic mass is 32.1. The highest BCUT2D eigenvalue weighted by Gasteiger charge is 2.04. The average molecular weight is 140 g/mol. The predicted octanol–water partition coefficient (Wildman–Crippen LogP) is 1.36. The van der Waals surface area contributed by atoms with E-state index in [1.807, 2.05) is 17.7 Å². The standard InChI is InChI=1S/C6H6NOS/c1-5(4-8)6-2-3-9-7-6/h2-3,5H,1H3. The maximum absolute atomic E-state index is 10.0. The second-order valence-electron chi connectivity index (χ2n) is 1.76. The molecule has 0 fully saturated rings. The Morgan fingerprint density at radius 3 is 3.11 bits per heavy atom. The average Bonchev–Trinajstić information content (AvgIpc) is 2.37. The van der Waals surface area contributed by atoms with Crippen LogP contribution in [-0.4, -0.2) is 10.7 Å². The molecule has 0 aliphatic heterocycles. The molecule has 2 nitrogen and oxygen atoms in total. The first kappa shape index (κ1) is 6.42. The molecular weight excluding hydrogens is 134 g/mol. The molecule has 1 aromatic heterocycles. The molecule has 1 aromatic rings. The van der Waals surface area contributed by atoms with Crippen LogP contribution in [0.2, 0.25) is 0 Å². The Labute approximate surface area is 57.7 Å². The lowest BCUT2D eigenvalue weighted by atomic mass is 10.1. The van der Waals surface area contributed by atoms with Gasteiger partial charge in [0.15, 0.2) is 0 Å². The van der Waals surface area contributed by atoms with Crippen LogP contribution >= 0.6 is 11.5 Å². The van der Waals surface area contributed by atoms with Crippen molar-refractivity contribution in [2.45, 2.75) is 12.8 Å². The van der Waals surface area contributed by atoms with E-state index in [0.717, 1.165) is 5.69 Å². The third-order valence-electron chi connectivity index (χ3n) is 1.08. The molecule has 1 heterocycles. The van der Waals surface area contributed by atoms with Gasteiger partial charge in [-0.2, -0.15) is 4.37 Å². The molecular formula is C6H6NOS. The monoisotopic (exact) mass is 140 g/mol. The normalized spacial score (nSPS) is 13.0. The number of nitrogens with zero attached hydrogens (tertiary/aromatic N) is 1. The van der Waals surface area contributed by atoms with Crippen molar-refractivity contribution in [3.05, 3.63) is 17.1 Å². The smallest absolute Gasteiger partial charge is 0.207 e. The molecule has 1 unspecified atom stereocenters. The maximum atomic E-state index is 10.0. The van der Waals surface area contributed by atoms with E-state index >= 15 is 0 Å². The Bertz CT molecular complexity index is 183. The van der Waals surface area contributed by atoms with Crippen molar-refractivity contribution < 1.29 is 4.79 Å². The van der Waals surface area contributed by atoms with Crippen molar-refractivity contribution in [1.29, 1.82) is 0 Å². The van der Waals surface area contributed by atoms with Crippen molar-refractivity contribution >= 4 is 17.8 Å². The fourth-order valence-corrected chi connectivity index (χ4v) is 1.11. The zero-order valence-electron chi connectivity index (χ0n) is 5.00. The van der Waals surface area contributed by atoms with Gasteiger partial charge in [0.25, 0.3) is 0 Å². The summed E-state index contributed by atoms with van der Waals surface area (Å²) in [4.78, 5) is 10.0. The van der Waals surface area contributed by atoms with Gasteiger partial charge in [0.2, 0.25) is 6.29 Å². The predicted molar refractivity (Wildman–Crippen MR) is 36.2 cm³/mol. The third-order valence-corrected chi connectivity index (χ3v) is 1.65. The number of rotatable bonds is 2. The van der Waals surface area contributed by atoms with Gasteiger partial charge < -0.3 is 0 Å². The van der Waals surface area contributed by atoms with E-state index in [-0.39, 0.29) is 5.92 Å². The lowest BCUT2D eigenvalue weighted by Crippen LogP contribution is -1.92. The summed E-state index contributed by atoms with van der Waals surface area (Å²) in [6.45, 7) is 1.78. The number of hydrogen-bond donors (Lipinski definition) is 0. The molecule has 0 saturated carbocycles. The molecule has 0 amide bonds. The first-order valence-corrected chi connectivity index (χ1v) is 3.46. The van der Waals surface area contributed by atoms with E-state index in [1.54, 1.807) is 6.92 Å². The van der Waals surface area contributed by atoms with Crippen LogP contribution in [0.15, 0.2) is 11.4 Å². The van der Waals surface area contributed by atoms with Crippen LogP contribution < -0.4 is 0 Å². The first-order chi connectivity index (χ1) is 4.34. The minimum Gasteiger partial charge on any atom is -0.290 e. The molecule has 0 saturated heterocycles. The summed E-state index contributed by atoms with van der Waals surface area (Å²) in [5.41, 5.74) is 0.815. The molecule has 0 N–H and O–H groups in total. The maximum Gasteiger partial charge on any atom is 0.207 e. The topological polar surface area (TPSA) is 30.0 Å². The van der Waals surface area contributed by atoms with E-state index in [4.69, 9.17) is 0 Å². The van der Waals surface area contributed by atoms with Gasteiger partial charge in [-0.05, 0) is 24.5 Å². The van der Waals surface area contributed by atoms with Crippen molar-refractivity contribution in [1.82, 2.24) is 4.37 Å². The molecule has 0 aliphatic carbocycles. The molecule has 0 spiro atoms. The second-order valence-corrected chi connectivity index (χ2v) is 2.43. The summed E-state index contributed by atoms with van der Waals surface area (Å²) in [5, 5.41) is 1.85. The fourth-order valence-electron chi connectivity index (χ4n) is 0.506. The van der Waals surface area contributed by atoms with Crippen LogP contribution in [0, 0.1) is 0 Å². The number of carbonyl (C=O) groups excluding carboxylic acids is 1. The summed E-state index contributed by atoms with van der Waals surface area (Å²) in [5.74, 6) is -0.170. The molecule has 3 heteroatoms. The summed E-state index contributed by atoms with van der Waals surface area (Å²) in [7, 11) is 0. The van der Waals surface area contributed by atoms with E-state index in [1.165, 1.54) is 11.5 Å². The van der Waals surface area contributed by atoms with Crippen LogP contribution in [0.1, 0.15) is 18.5 Å². The Morgan fingerprint density at radius 1 is 1.89 bits per heavy atom. The summed E-state index contributed by atoms with van der Waals surface area (Å²) < 4.78 is 3.97. The van der Waals surface area contributed by atoms with Crippen molar-refractivity contribution in [3.8, 4) is 0 Å². The van der Waals surface area contributed by atoms with Crippen LogP contribution in [0.3, 0.4) is 0 Å². The van der Waals surface area contributed by atoms with Crippen LogP contribution in [0.5, 0.6) is 0 Å². The molecule has 0 aliphatic rings. The molecule has 47 valence electrons. The lowest BCUT2D eigenvalue weighted by molar-refractivity contribution is 0.546. The SMILES string of the molecule is CC([C]=O)c1ccsn1. The highest BCUT2D eigenvalue weighted by molar-refractivity contribution is 7.03. The lowest BCUT2D eigenvalue weighted by Gasteiger charge is -1.91. The van der Waals surface area contributed by atoms with Gasteiger partial charge in [0.1, 0.15) is 0 Å². The Morgan fingerprint density at radius 2 is 2.67 bits per heavy atom. The molecule has 0 bridgehead atoms. The first-order valence-electron chi connectivity index (χ1n) is 2.62. The Hall–Kier alpha value is -0.700. The zero-order valence-corrected chi connectivity index (χ0v) is 5.81. The number of aromatic nitrogens is 1.